The molecule has 2 aliphatic rings. The van der Waals surface area contributed by atoms with Crippen LogP contribution in [0.3, 0.4) is 0 Å². The van der Waals surface area contributed by atoms with Crippen molar-refractivity contribution in [3.63, 3.8) is 0 Å². The number of methoxy groups -OCH3 is 1. The van der Waals surface area contributed by atoms with Gasteiger partial charge in [-0.25, -0.2) is 4.90 Å². The van der Waals surface area contributed by atoms with Crippen LogP contribution in [0.5, 0.6) is 5.75 Å². The van der Waals surface area contributed by atoms with E-state index in [1.807, 2.05) is 32.0 Å². The average molecular weight is 442 g/mol. The van der Waals surface area contributed by atoms with E-state index in [1.165, 1.54) is 18.2 Å². The molecule has 0 aromatic heterocycles. The Hall–Kier alpha value is -3.46. The highest BCUT2D eigenvalue weighted by Crippen LogP contribution is 2.35. The quantitative estimate of drug-likeness (QED) is 0.718. The number of benzene rings is 2. The molecule has 0 aliphatic carbocycles. The van der Waals surface area contributed by atoms with Crippen LogP contribution in [-0.4, -0.2) is 48.5 Å². The van der Waals surface area contributed by atoms with Crippen LogP contribution in [0.1, 0.15) is 11.1 Å². The van der Waals surface area contributed by atoms with E-state index in [0.29, 0.717) is 17.1 Å². The highest BCUT2D eigenvalue weighted by Gasteiger charge is 2.55. The summed E-state index contributed by atoms with van der Waals surface area (Å²) in [5.74, 6) is -0.966. The maximum absolute atomic E-state index is 13.0. The molecule has 0 saturated carbocycles. The zero-order chi connectivity index (χ0) is 22.3. The zero-order valence-corrected chi connectivity index (χ0v) is 17.9. The standard InChI is InChI=1S/C21H20ClN5O4/c1-11-4-5-12(2)15(8-11)23-17(28)10-26-19-18(24-25-26)20(29)27(21(19)30)13-6-7-16(31-3)14(22)9-13/h4-9,18-19H,10H2,1-3H3,(H,23,28)/t18-,19-/m1/s1. The first-order valence-electron chi connectivity index (χ1n) is 9.56. The minimum absolute atomic E-state index is 0.214. The van der Waals surface area contributed by atoms with Gasteiger partial charge in [-0.15, -0.1) is 0 Å². The maximum Gasteiger partial charge on any atom is 0.263 e. The summed E-state index contributed by atoms with van der Waals surface area (Å²) in [5, 5.41) is 12.2. The van der Waals surface area contributed by atoms with Gasteiger partial charge in [-0.2, -0.15) is 5.11 Å². The summed E-state index contributed by atoms with van der Waals surface area (Å²) in [6.07, 6.45) is 0. The molecule has 1 N–H and O–H groups in total. The summed E-state index contributed by atoms with van der Waals surface area (Å²) in [7, 11) is 1.47. The Balaban J connectivity index is 1.51. The van der Waals surface area contributed by atoms with Crippen LogP contribution in [0.4, 0.5) is 11.4 Å². The fourth-order valence-corrected chi connectivity index (χ4v) is 3.86. The van der Waals surface area contributed by atoms with Gasteiger partial charge in [0.1, 0.15) is 12.3 Å². The Labute approximate surface area is 183 Å². The first-order valence-corrected chi connectivity index (χ1v) is 9.94. The summed E-state index contributed by atoms with van der Waals surface area (Å²) in [6.45, 7) is 3.60. The van der Waals surface area contributed by atoms with E-state index in [-0.39, 0.29) is 17.5 Å². The van der Waals surface area contributed by atoms with Crippen LogP contribution >= 0.6 is 11.6 Å². The first kappa shape index (κ1) is 20.8. The van der Waals surface area contributed by atoms with Gasteiger partial charge in [0.2, 0.25) is 5.91 Å². The Morgan fingerprint density at radius 2 is 1.94 bits per heavy atom. The predicted octanol–water partition coefficient (Wildman–Crippen LogP) is 2.90. The second-order valence-corrected chi connectivity index (χ2v) is 7.80. The molecule has 0 bridgehead atoms. The summed E-state index contributed by atoms with van der Waals surface area (Å²) in [6, 6.07) is 8.37. The van der Waals surface area contributed by atoms with E-state index in [1.54, 1.807) is 12.1 Å². The molecule has 2 aromatic carbocycles. The summed E-state index contributed by atoms with van der Waals surface area (Å²) in [5.41, 5.74) is 2.91. The number of anilines is 2. The third kappa shape index (κ3) is 3.72. The van der Waals surface area contributed by atoms with Gasteiger partial charge in [-0.1, -0.05) is 29.0 Å². The fraction of sp³-hybridized carbons (Fsp3) is 0.286. The summed E-state index contributed by atoms with van der Waals surface area (Å²) >= 11 is 6.14. The number of carbonyl (C=O) groups excluding carboxylic acids is 3. The van der Waals surface area contributed by atoms with Crippen molar-refractivity contribution in [2.45, 2.75) is 25.9 Å². The lowest BCUT2D eigenvalue weighted by Gasteiger charge is -2.20. The van der Waals surface area contributed by atoms with Crippen LogP contribution in [0.15, 0.2) is 46.7 Å². The molecule has 31 heavy (non-hydrogen) atoms. The second-order valence-electron chi connectivity index (χ2n) is 7.39. The van der Waals surface area contributed by atoms with E-state index < -0.39 is 23.9 Å². The van der Waals surface area contributed by atoms with Gasteiger partial charge in [0, 0.05) is 5.69 Å². The smallest absolute Gasteiger partial charge is 0.263 e. The van der Waals surface area contributed by atoms with Crippen molar-refractivity contribution in [3.8, 4) is 5.75 Å². The number of amides is 3. The molecule has 0 radical (unpaired) electrons. The lowest BCUT2D eigenvalue weighted by molar-refractivity contribution is -0.123. The van der Waals surface area contributed by atoms with Crippen LogP contribution < -0.4 is 15.0 Å². The molecule has 1 saturated heterocycles. The van der Waals surface area contributed by atoms with E-state index >= 15 is 0 Å². The molecule has 2 heterocycles. The largest absolute Gasteiger partial charge is 0.495 e. The Kier molecular flexibility index (Phi) is 5.36. The lowest BCUT2D eigenvalue weighted by Crippen LogP contribution is -2.43. The number of fused-ring (bicyclic) bond motifs is 1. The predicted molar refractivity (Wildman–Crippen MR) is 114 cm³/mol. The van der Waals surface area contributed by atoms with Crippen molar-refractivity contribution < 1.29 is 19.1 Å². The molecule has 2 aliphatic heterocycles. The summed E-state index contributed by atoms with van der Waals surface area (Å²) in [4.78, 5) is 39.5. The van der Waals surface area contributed by atoms with E-state index in [0.717, 1.165) is 16.0 Å². The molecule has 160 valence electrons. The molecule has 1 fully saturated rings. The van der Waals surface area contributed by atoms with Crippen molar-refractivity contribution >= 4 is 40.7 Å². The number of carbonyl (C=O) groups is 3. The van der Waals surface area contributed by atoms with Gasteiger partial charge in [-0.3, -0.25) is 19.4 Å². The minimum atomic E-state index is -0.998. The topological polar surface area (TPSA) is 104 Å². The molecule has 2 aromatic rings. The highest BCUT2D eigenvalue weighted by molar-refractivity contribution is 6.33. The monoisotopic (exact) mass is 441 g/mol. The number of aryl methyl sites for hydroxylation is 2. The number of ether oxygens (including phenoxy) is 1. The molecule has 9 nitrogen and oxygen atoms in total. The van der Waals surface area contributed by atoms with Crippen molar-refractivity contribution in [2.24, 2.45) is 10.3 Å². The minimum Gasteiger partial charge on any atom is -0.495 e. The molecule has 10 heteroatoms. The number of rotatable bonds is 5. The molecular formula is C21H20ClN5O4. The first-order chi connectivity index (χ1) is 14.8. The van der Waals surface area contributed by atoms with Crippen LogP contribution in [0, 0.1) is 13.8 Å². The normalized spacial score (nSPS) is 19.7. The van der Waals surface area contributed by atoms with E-state index in [2.05, 4.69) is 15.7 Å². The van der Waals surface area contributed by atoms with Crippen molar-refractivity contribution in [1.29, 1.82) is 0 Å². The molecule has 2 atom stereocenters. The third-order valence-corrected chi connectivity index (χ3v) is 5.52. The number of nitrogens with one attached hydrogen (secondary N) is 1. The zero-order valence-electron chi connectivity index (χ0n) is 17.1. The van der Waals surface area contributed by atoms with Gasteiger partial charge in [0.05, 0.1) is 17.8 Å². The number of hydrogen-bond acceptors (Lipinski definition) is 7. The van der Waals surface area contributed by atoms with Crippen molar-refractivity contribution in [2.75, 3.05) is 23.9 Å². The van der Waals surface area contributed by atoms with Crippen LogP contribution in [0.25, 0.3) is 0 Å². The van der Waals surface area contributed by atoms with Crippen LogP contribution in [0.2, 0.25) is 5.02 Å². The Morgan fingerprint density at radius 1 is 1.16 bits per heavy atom. The number of nitrogens with zero attached hydrogens (tertiary/aromatic N) is 4. The van der Waals surface area contributed by atoms with Gasteiger partial charge in [0.25, 0.3) is 11.8 Å². The SMILES string of the molecule is COc1ccc(N2C(=O)[C@@H]3N=NN(CC(=O)Nc4cc(C)ccc4C)[C@H]3C2=O)cc1Cl. The molecule has 0 spiro atoms. The fourth-order valence-electron chi connectivity index (χ4n) is 3.61. The number of hydrogen-bond donors (Lipinski definition) is 1. The molecular weight excluding hydrogens is 422 g/mol. The summed E-state index contributed by atoms with van der Waals surface area (Å²) < 4.78 is 5.11. The van der Waals surface area contributed by atoms with Crippen molar-refractivity contribution in [3.05, 3.63) is 52.5 Å². The van der Waals surface area contributed by atoms with E-state index in [4.69, 9.17) is 16.3 Å². The lowest BCUT2D eigenvalue weighted by atomic mass is 10.1. The molecule has 3 amide bonds. The van der Waals surface area contributed by atoms with Gasteiger partial charge in [0.15, 0.2) is 12.1 Å². The second kappa shape index (κ2) is 7.99. The van der Waals surface area contributed by atoms with Crippen LogP contribution in [-0.2, 0) is 14.4 Å². The highest BCUT2D eigenvalue weighted by atomic mass is 35.5. The van der Waals surface area contributed by atoms with Gasteiger partial charge >= 0.3 is 0 Å². The Bertz CT molecular complexity index is 1120. The number of imide groups is 1. The average Bonchev–Trinajstić information content (AvgIpc) is 3.24. The van der Waals surface area contributed by atoms with Crippen molar-refractivity contribution in [1.82, 2.24) is 5.01 Å². The van der Waals surface area contributed by atoms with Gasteiger partial charge < -0.3 is 10.1 Å². The molecule has 0 unspecified atom stereocenters. The van der Waals surface area contributed by atoms with Gasteiger partial charge in [-0.05, 0) is 49.2 Å². The third-order valence-electron chi connectivity index (χ3n) is 5.22. The number of halogens is 1. The molecule has 4 rings (SSSR count). The maximum atomic E-state index is 13.0. The van der Waals surface area contributed by atoms with E-state index in [9.17, 15) is 14.4 Å². The Morgan fingerprint density at radius 3 is 2.65 bits per heavy atom.